The normalized spacial score (nSPS) is 15.5. The quantitative estimate of drug-likeness (QED) is 0.488. The first kappa shape index (κ1) is 17.1. The fourth-order valence-corrected chi connectivity index (χ4v) is 3.35. The van der Waals surface area contributed by atoms with Crippen LogP contribution in [0.2, 0.25) is 0 Å². The highest BCUT2D eigenvalue weighted by molar-refractivity contribution is 5.94. The molecule has 7 heteroatoms. The van der Waals surface area contributed by atoms with Crippen LogP contribution in [-0.4, -0.2) is 32.6 Å². The molecule has 1 atom stereocenters. The number of fused-ring (bicyclic) bond motifs is 1. The minimum Gasteiger partial charge on any atom is -0.385 e. The molecule has 0 spiro atoms. The van der Waals surface area contributed by atoms with Crippen LogP contribution in [0.5, 0.6) is 0 Å². The predicted molar refractivity (Wildman–Crippen MR) is 100 cm³/mol. The number of benzene rings is 1. The Hall–Kier alpha value is -3.32. The van der Waals surface area contributed by atoms with Crippen LogP contribution in [0, 0.1) is 5.92 Å². The van der Waals surface area contributed by atoms with Gasteiger partial charge in [-0.3, -0.25) is 15.0 Å². The summed E-state index contributed by atoms with van der Waals surface area (Å²) in [7, 11) is 0. The van der Waals surface area contributed by atoms with Gasteiger partial charge in [0.15, 0.2) is 0 Å². The lowest BCUT2D eigenvalue weighted by Crippen LogP contribution is -2.26. The summed E-state index contributed by atoms with van der Waals surface area (Å²) in [4.78, 5) is 24.9. The third-order valence-electron chi connectivity index (χ3n) is 4.69. The van der Waals surface area contributed by atoms with Crippen molar-refractivity contribution in [3.8, 4) is 11.3 Å². The fraction of sp³-hybridized carbons (Fsp3) is 0.200. The molecule has 1 unspecified atom stereocenters. The molecule has 4 rings (SSSR count). The number of hydroxylamine groups is 1. The van der Waals surface area contributed by atoms with Crippen LogP contribution in [0.25, 0.3) is 11.3 Å². The number of pyridine rings is 1. The molecule has 0 aliphatic carbocycles. The van der Waals surface area contributed by atoms with E-state index in [0.717, 1.165) is 47.7 Å². The van der Waals surface area contributed by atoms with Gasteiger partial charge < -0.3 is 5.32 Å². The Morgan fingerprint density at radius 3 is 3.00 bits per heavy atom. The van der Waals surface area contributed by atoms with Gasteiger partial charge in [0.05, 0.1) is 5.69 Å². The Balaban J connectivity index is 1.51. The molecule has 136 valence electrons. The second kappa shape index (κ2) is 7.51. The van der Waals surface area contributed by atoms with Gasteiger partial charge in [-0.1, -0.05) is 0 Å². The van der Waals surface area contributed by atoms with Crippen molar-refractivity contribution in [3.05, 3.63) is 71.9 Å². The molecule has 1 aliphatic rings. The van der Waals surface area contributed by atoms with Gasteiger partial charge in [0.25, 0.3) is 5.91 Å². The van der Waals surface area contributed by atoms with Crippen molar-refractivity contribution in [2.24, 2.45) is 5.92 Å². The van der Waals surface area contributed by atoms with Crippen molar-refractivity contribution in [1.29, 1.82) is 0 Å². The topological polar surface area (TPSA) is 100 Å². The molecule has 0 radical (unpaired) electrons. The van der Waals surface area contributed by atoms with Crippen molar-refractivity contribution in [2.45, 2.75) is 12.8 Å². The third kappa shape index (κ3) is 3.78. The molecule has 1 amide bonds. The van der Waals surface area contributed by atoms with Crippen molar-refractivity contribution in [1.82, 2.24) is 20.4 Å². The maximum Gasteiger partial charge on any atom is 0.274 e. The van der Waals surface area contributed by atoms with Crippen LogP contribution >= 0.6 is 0 Å². The lowest BCUT2D eigenvalue weighted by atomic mass is 9.90. The van der Waals surface area contributed by atoms with E-state index in [-0.39, 0.29) is 0 Å². The zero-order valence-electron chi connectivity index (χ0n) is 14.6. The van der Waals surface area contributed by atoms with Crippen molar-refractivity contribution in [2.75, 3.05) is 11.9 Å². The van der Waals surface area contributed by atoms with Gasteiger partial charge in [-0.15, -0.1) is 0 Å². The van der Waals surface area contributed by atoms with Crippen LogP contribution in [0.15, 0.2) is 55.0 Å². The molecule has 7 nitrogen and oxygen atoms in total. The largest absolute Gasteiger partial charge is 0.385 e. The maximum atomic E-state index is 11.6. The monoisotopic (exact) mass is 361 g/mol. The van der Waals surface area contributed by atoms with E-state index in [1.165, 1.54) is 0 Å². The van der Waals surface area contributed by atoms with Gasteiger partial charge in [0.1, 0.15) is 5.82 Å². The van der Waals surface area contributed by atoms with Crippen LogP contribution in [0.3, 0.4) is 0 Å². The highest BCUT2D eigenvalue weighted by Gasteiger charge is 2.21. The maximum absolute atomic E-state index is 11.6. The molecule has 27 heavy (non-hydrogen) atoms. The van der Waals surface area contributed by atoms with Gasteiger partial charge in [-0.05, 0) is 54.3 Å². The summed E-state index contributed by atoms with van der Waals surface area (Å²) >= 11 is 0. The van der Waals surface area contributed by atoms with Gasteiger partial charge in [-0.2, -0.15) is 0 Å². The SMILES string of the molecule is O=C(NO)c1ccc2c(c1)CC(Cc1nccc(-c3cccnc3)n1)CN2. The van der Waals surface area contributed by atoms with E-state index in [0.29, 0.717) is 11.5 Å². The zero-order chi connectivity index (χ0) is 18.6. The Labute approximate surface area is 156 Å². The van der Waals surface area contributed by atoms with E-state index in [2.05, 4.69) is 20.3 Å². The van der Waals surface area contributed by atoms with E-state index in [1.54, 1.807) is 30.1 Å². The second-order valence-corrected chi connectivity index (χ2v) is 6.57. The number of amides is 1. The van der Waals surface area contributed by atoms with Crippen LogP contribution in [-0.2, 0) is 12.8 Å². The number of nitrogens with zero attached hydrogens (tertiary/aromatic N) is 3. The summed E-state index contributed by atoms with van der Waals surface area (Å²) in [5.41, 5.74) is 6.01. The van der Waals surface area contributed by atoms with Crippen LogP contribution in [0.4, 0.5) is 5.69 Å². The number of carbonyl (C=O) groups is 1. The number of aromatic nitrogens is 3. The first-order valence-electron chi connectivity index (χ1n) is 8.76. The van der Waals surface area contributed by atoms with E-state index >= 15 is 0 Å². The summed E-state index contributed by atoms with van der Waals surface area (Å²) in [5, 5.41) is 12.2. The summed E-state index contributed by atoms with van der Waals surface area (Å²) < 4.78 is 0. The number of rotatable bonds is 4. The van der Waals surface area contributed by atoms with E-state index in [1.807, 2.05) is 30.3 Å². The molecule has 1 aromatic carbocycles. The molecule has 0 fully saturated rings. The van der Waals surface area contributed by atoms with Gasteiger partial charge in [-0.25, -0.2) is 15.4 Å². The minimum atomic E-state index is -0.507. The first-order valence-corrected chi connectivity index (χ1v) is 8.76. The Morgan fingerprint density at radius 1 is 1.26 bits per heavy atom. The van der Waals surface area contributed by atoms with Gasteiger partial charge >= 0.3 is 0 Å². The molecule has 2 aromatic heterocycles. The molecule has 0 saturated heterocycles. The second-order valence-electron chi connectivity index (χ2n) is 6.57. The number of hydrogen-bond acceptors (Lipinski definition) is 6. The highest BCUT2D eigenvalue weighted by atomic mass is 16.5. The first-order chi connectivity index (χ1) is 13.2. The average molecular weight is 361 g/mol. The molecule has 3 N–H and O–H groups in total. The summed E-state index contributed by atoms with van der Waals surface area (Å²) in [6.07, 6.45) is 6.85. The molecular weight excluding hydrogens is 342 g/mol. The van der Waals surface area contributed by atoms with Crippen LogP contribution in [0.1, 0.15) is 21.7 Å². The smallest absolute Gasteiger partial charge is 0.274 e. The van der Waals surface area contributed by atoms with Crippen molar-refractivity contribution >= 4 is 11.6 Å². The summed E-state index contributed by atoms with van der Waals surface area (Å²) in [6.45, 7) is 0.818. The molecule has 0 bridgehead atoms. The molecule has 3 heterocycles. The Bertz CT molecular complexity index is 962. The molecular formula is C20H19N5O2. The van der Waals surface area contributed by atoms with Gasteiger partial charge in [0.2, 0.25) is 0 Å². The zero-order valence-corrected chi connectivity index (χ0v) is 14.6. The number of anilines is 1. The predicted octanol–water partition coefficient (Wildman–Crippen LogP) is 2.48. The standard InChI is InChI=1S/C20H19N5O2/c26-20(25-27)14-3-4-17-16(10-14)8-13(11-23-17)9-19-22-7-5-18(24-19)15-2-1-6-21-12-15/h1-7,10,12-13,23,27H,8-9,11H2,(H,25,26). The Morgan fingerprint density at radius 2 is 2.19 bits per heavy atom. The van der Waals surface area contributed by atoms with Gasteiger partial charge in [0, 0.05) is 48.4 Å². The lowest BCUT2D eigenvalue weighted by molar-refractivity contribution is 0.0706. The van der Waals surface area contributed by atoms with Crippen LogP contribution < -0.4 is 10.8 Å². The van der Waals surface area contributed by atoms with E-state index in [4.69, 9.17) is 5.21 Å². The molecule has 0 saturated carbocycles. The molecule has 3 aromatic rings. The number of nitrogens with one attached hydrogen (secondary N) is 2. The Kier molecular flexibility index (Phi) is 4.76. The van der Waals surface area contributed by atoms with Crippen molar-refractivity contribution < 1.29 is 10.0 Å². The van der Waals surface area contributed by atoms with E-state index < -0.39 is 5.91 Å². The van der Waals surface area contributed by atoms with E-state index in [9.17, 15) is 4.79 Å². The molecule has 1 aliphatic heterocycles. The van der Waals surface area contributed by atoms with Crippen molar-refractivity contribution in [3.63, 3.8) is 0 Å². The third-order valence-corrected chi connectivity index (χ3v) is 4.69. The summed E-state index contributed by atoms with van der Waals surface area (Å²) in [6, 6.07) is 11.1. The average Bonchev–Trinajstić information content (AvgIpc) is 2.73. The highest BCUT2D eigenvalue weighted by Crippen LogP contribution is 2.27. The fourth-order valence-electron chi connectivity index (χ4n) is 3.35. The minimum absolute atomic E-state index is 0.314. The number of hydrogen-bond donors (Lipinski definition) is 3. The number of carbonyl (C=O) groups excluding carboxylic acids is 1. The summed E-state index contributed by atoms with van der Waals surface area (Å²) in [5.74, 6) is 0.595. The lowest BCUT2D eigenvalue weighted by Gasteiger charge is -2.26.